The molecule has 0 bridgehead atoms. The van der Waals surface area contributed by atoms with E-state index in [0.29, 0.717) is 0 Å². The molecule has 8 nitrogen and oxygen atoms in total. The number of oxime groups is 1. The Morgan fingerprint density at radius 2 is 1.74 bits per heavy atom. The second-order valence-electron chi connectivity index (χ2n) is 5.61. The number of halogens is 1. The van der Waals surface area contributed by atoms with E-state index in [1.54, 1.807) is 0 Å². The molecule has 1 rings (SSSR count). The SMILES string of the molecule is CCOP(=O)(OCC)C(F)C[C@@H](O)[C@@H](O)[C@H](O)C=NOCc1ccccc1. The second-order valence-corrected chi connectivity index (χ2v) is 7.76. The van der Waals surface area contributed by atoms with Gasteiger partial charge in [0.15, 0.2) is 0 Å². The van der Waals surface area contributed by atoms with Gasteiger partial charge in [-0.1, -0.05) is 35.5 Å². The summed E-state index contributed by atoms with van der Waals surface area (Å²) in [5.74, 6) is -2.15. The quantitative estimate of drug-likeness (QED) is 0.261. The molecule has 10 heteroatoms. The standard InChI is InChI=1S/C17H27FNO7P/c1-3-25-27(23,26-4-2)16(18)10-14(20)17(22)15(21)11-19-24-12-13-8-6-5-7-9-13/h5-9,11,14-17,20-22H,3-4,10,12H2,1-2H3/t14-,15-,16?,17-/m1/s1. The van der Waals surface area contributed by atoms with E-state index in [9.17, 15) is 24.3 Å². The Hall–Kier alpha value is -1.35. The number of alkyl halides is 1. The lowest BCUT2D eigenvalue weighted by molar-refractivity contribution is -0.0425. The number of hydrogen-bond donors (Lipinski definition) is 3. The summed E-state index contributed by atoms with van der Waals surface area (Å²) in [6.07, 6.45) is -4.95. The van der Waals surface area contributed by atoms with Crippen LogP contribution in [0.1, 0.15) is 25.8 Å². The lowest BCUT2D eigenvalue weighted by Crippen LogP contribution is -2.39. The predicted octanol–water partition coefficient (Wildman–Crippen LogP) is 2.22. The Kier molecular flexibility index (Phi) is 10.7. The average molecular weight is 407 g/mol. The summed E-state index contributed by atoms with van der Waals surface area (Å²) >= 11 is 0. The first-order valence-electron chi connectivity index (χ1n) is 8.60. The summed E-state index contributed by atoms with van der Waals surface area (Å²) in [7, 11) is -4.07. The molecular weight excluding hydrogens is 380 g/mol. The molecule has 1 unspecified atom stereocenters. The van der Waals surface area contributed by atoms with Gasteiger partial charge in [0.05, 0.1) is 25.5 Å². The zero-order valence-electron chi connectivity index (χ0n) is 15.3. The topological polar surface area (TPSA) is 118 Å². The lowest BCUT2D eigenvalue weighted by Gasteiger charge is -2.25. The van der Waals surface area contributed by atoms with Crippen molar-refractivity contribution in [3.8, 4) is 0 Å². The zero-order chi connectivity index (χ0) is 20.3. The predicted molar refractivity (Wildman–Crippen MR) is 98.1 cm³/mol. The summed E-state index contributed by atoms with van der Waals surface area (Å²) in [4.78, 5) is 4.98. The molecule has 0 amide bonds. The van der Waals surface area contributed by atoms with Crippen LogP contribution in [0.3, 0.4) is 0 Å². The molecule has 0 aliphatic heterocycles. The van der Waals surface area contributed by atoms with Gasteiger partial charge in [0, 0.05) is 6.42 Å². The van der Waals surface area contributed by atoms with Crippen LogP contribution in [-0.4, -0.2) is 59.0 Å². The highest BCUT2D eigenvalue weighted by Gasteiger charge is 2.39. The van der Waals surface area contributed by atoms with E-state index < -0.39 is 38.2 Å². The Labute approximate surface area is 158 Å². The van der Waals surface area contributed by atoms with E-state index in [2.05, 4.69) is 5.16 Å². The summed E-state index contributed by atoms with van der Waals surface area (Å²) in [6, 6.07) is 9.15. The summed E-state index contributed by atoms with van der Waals surface area (Å²) < 4.78 is 36.2. The van der Waals surface area contributed by atoms with Gasteiger partial charge in [0.2, 0.25) is 5.91 Å². The Morgan fingerprint density at radius 3 is 2.30 bits per heavy atom. The maximum atomic E-state index is 14.3. The van der Waals surface area contributed by atoms with Crippen molar-refractivity contribution in [1.29, 1.82) is 0 Å². The minimum atomic E-state index is -4.07. The first-order chi connectivity index (χ1) is 12.8. The van der Waals surface area contributed by atoms with E-state index in [1.807, 2.05) is 30.3 Å². The van der Waals surface area contributed by atoms with Crippen LogP contribution in [-0.2, 0) is 25.1 Å². The smallest absolute Gasteiger partial charge is 0.364 e. The third-order valence-electron chi connectivity index (χ3n) is 3.50. The number of nitrogens with zero attached hydrogens (tertiary/aromatic N) is 1. The molecule has 0 aliphatic carbocycles. The molecule has 1 aromatic rings. The fourth-order valence-corrected chi connectivity index (χ4v) is 3.73. The maximum absolute atomic E-state index is 14.3. The first kappa shape index (κ1) is 23.7. The van der Waals surface area contributed by atoms with Crippen LogP contribution in [0.4, 0.5) is 4.39 Å². The number of benzene rings is 1. The molecule has 27 heavy (non-hydrogen) atoms. The van der Waals surface area contributed by atoms with Crippen molar-refractivity contribution in [2.45, 2.75) is 51.1 Å². The van der Waals surface area contributed by atoms with Crippen molar-refractivity contribution >= 4 is 13.8 Å². The molecule has 154 valence electrons. The van der Waals surface area contributed by atoms with Crippen molar-refractivity contribution in [3.63, 3.8) is 0 Å². The monoisotopic (exact) mass is 407 g/mol. The van der Waals surface area contributed by atoms with Gasteiger partial charge in [-0.15, -0.1) is 0 Å². The highest BCUT2D eigenvalue weighted by molar-refractivity contribution is 7.54. The molecule has 4 atom stereocenters. The van der Waals surface area contributed by atoms with Crippen molar-refractivity contribution in [1.82, 2.24) is 0 Å². The van der Waals surface area contributed by atoms with Crippen LogP contribution >= 0.6 is 7.60 Å². The van der Waals surface area contributed by atoms with Gasteiger partial charge < -0.3 is 29.2 Å². The molecular formula is C17H27FNO7P. The van der Waals surface area contributed by atoms with E-state index in [-0.39, 0.29) is 19.8 Å². The number of hydrogen-bond acceptors (Lipinski definition) is 8. The van der Waals surface area contributed by atoms with Gasteiger partial charge in [-0.25, -0.2) is 4.39 Å². The Balaban J connectivity index is 2.51. The van der Waals surface area contributed by atoms with Crippen molar-refractivity contribution < 1.29 is 38.2 Å². The normalized spacial score (nSPS) is 16.8. The largest absolute Gasteiger partial charge is 0.391 e. The Morgan fingerprint density at radius 1 is 1.15 bits per heavy atom. The fourth-order valence-electron chi connectivity index (χ4n) is 2.13. The lowest BCUT2D eigenvalue weighted by atomic mass is 10.1. The van der Waals surface area contributed by atoms with Crippen LogP contribution in [0.5, 0.6) is 0 Å². The van der Waals surface area contributed by atoms with Crippen LogP contribution in [0.25, 0.3) is 0 Å². The Bertz CT molecular complexity index is 594. The molecule has 3 N–H and O–H groups in total. The van der Waals surface area contributed by atoms with Crippen LogP contribution in [0, 0.1) is 0 Å². The third-order valence-corrected chi connectivity index (χ3v) is 5.64. The zero-order valence-corrected chi connectivity index (χ0v) is 16.2. The highest BCUT2D eigenvalue weighted by atomic mass is 31.2. The molecule has 0 fully saturated rings. The van der Waals surface area contributed by atoms with Crippen LogP contribution < -0.4 is 0 Å². The van der Waals surface area contributed by atoms with Crippen molar-refractivity contribution in [2.24, 2.45) is 5.16 Å². The molecule has 0 saturated heterocycles. The molecule has 0 radical (unpaired) electrons. The van der Waals surface area contributed by atoms with Gasteiger partial charge >= 0.3 is 7.60 Å². The summed E-state index contributed by atoms with van der Waals surface area (Å²) in [5.41, 5.74) is 0.854. The summed E-state index contributed by atoms with van der Waals surface area (Å²) in [6.45, 7) is 3.13. The molecule has 0 saturated carbocycles. The molecule has 0 aliphatic rings. The third kappa shape index (κ3) is 8.04. The van der Waals surface area contributed by atoms with Crippen LogP contribution in [0.2, 0.25) is 0 Å². The molecule has 0 spiro atoms. The van der Waals surface area contributed by atoms with Crippen molar-refractivity contribution in [3.05, 3.63) is 35.9 Å². The number of aliphatic hydroxyl groups excluding tert-OH is 3. The number of aliphatic hydroxyl groups is 3. The maximum Gasteiger partial charge on any atom is 0.364 e. The van der Waals surface area contributed by atoms with E-state index in [0.717, 1.165) is 11.8 Å². The van der Waals surface area contributed by atoms with Gasteiger partial charge in [-0.3, -0.25) is 4.57 Å². The van der Waals surface area contributed by atoms with Gasteiger partial charge in [-0.2, -0.15) is 0 Å². The van der Waals surface area contributed by atoms with Crippen LogP contribution in [0.15, 0.2) is 35.5 Å². The van der Waals surface area contributed by atoms with Gasteiger partial charge in [0.1, 0.15) is 18.8 Å². The minimum Gasteiger partial charge on any atom is -0.391 e. The average Bonchev–Trinajstić information content (AvgIpc) is 2.65. The molecule has 0 heterocycles. The van der Waals surface area contributed by atoms with Crippen molar-refractivity contribution in [2.75, 3.05) is 13.2 Å². The van der Waals surface area contributed by atoms with Gasteiger partial charge in [0.25, 0.3) is 0 Å². The van der Waals surface area contributed by atoms with E-state index in [4.69, 9.17) is 13.9 Å². The van der Waals surface area contributed by atoms with E-state index in [1.165, 1.54) is 13.8 Å². The fraction of sp³-hybridized carbons (Fsp3) is 0.588. The van der Waals surface area contributed by atoms with Gasteiger partial charge in [-0.05, 0) is 19.4 Å². The molecule has 1 aromatic carbocycles. The minimum absolute atomic E-state index is 0.0373. The summed E-state index contributed by atoms with van der Waals surface area (Å²) in [5, 5.41) is 33.1. The number of rotatable bonds is 13. The van der Waals surface area contributed by atoms with E-state index >= 15 is 0 Å². The highest BCUT2D eigenvalue weighted by Crippen LogP contribution is 2.55. The first-order valence-corrected chi connectivity index (χ1v) is 10.2. The second kappa shape index (κ2) is 12.2. The molecule has 0 aromatic heterocycles.